The normalized spacial score (nSPS) is 10.6. The Labute approximate surface area is 105 Å². The Morgan fingerprint density at radius 3 is 2.61 bits per heavy atom. The van der Waals surface area contributed by atoms with E-state index in [-0.39, 0.29) is 5.82 Å². The number of nitrogens with zero attached hydrogens (tertiary/aromatic N) is 2. The number of aromatic nitrogens is 1. The third-order valence-electron chi connectivity index (χ3n) is 2.98. The number of aldehydes is 1. The first-order valence-corrected chi connectivity index (χ1v) is 6.00. The van der Waals surface area contributed by atoms with Crippen molar-refractivity contribution in [3.63, 3.8) is 0 Å². The van der Waals surface area contributed by atoms with E-state index in [9.17, 15) is 9.18 Å². The van der Waals surface area contributed by atoms with Gasteiger partial charge >= 0.3 is 0 Å². The van der Waals surface area contributed by atoms with Crippen LogP contribution in [-0.4, -0.2) is 24.4 Å². The molecule has 94 valence electrons. The lowest BCUT2D eigenvalue weighted by Gasteiger charge is -2.21. The molecule has 1 aromatic carbocycles. The number of hydrogen-bond donors (Lipinski definition) is 0. The van der Waals surface area contributed by atoms with Gasteiger partial charge in [-0.2, -0.15) is 0 Å². The van der Waals surface area contributed by atoms with E-state index >= 15 is 0 Å². The number of pyridine rings is 1. The van der Waals surface area contributed by atoms with Gasteiger partial charge < -0.3 is 4.90 Å². The molecule has 0 unspecified atom stereocenters. The van der Waals surface area contributed by atoms with Crippen LogP contribution in [0.5, 0.6) is 0 Å². The molecule has 0 saturated heterocycles. The van der Waals surface area contributed by atoms with Gasteiger partial charge in [0.2, 0.25) is 0 Å². The minimum Gasteiger partial charge on any atom is -0.357 e. The molecule has 2 aromatic rings. The molecule has 2 rings (SSSR count). The fourth-order valence-electron chi connectivity index (χ4n) is 2.02. The lowest BCUT2D eigenvalue weighted by Crippen LogP contribution is -2.24. The third kappa shape index (κ3) is 2.18. The fourth-order valence-corrected chi connectivity index (χ4v) is 2.02. The summed E-state index contributed by atoms with van der Waals surface area (Å²) in [4.78, 5) is 17.6. The van der Waals surface area contributed by atoms with Crippen LogP contribution in [0.3, 0.4) is 0 Å². The number of hydrogen-bond acceptors (Lipinski definition) is 3. The fraction of sp³-hybridized carbons (Fsp3) is 0.286. The summed E-state index contributed by atoms with van der Waals surface area (Å²) in [5.74, 6) is 0.339. The highest BCUT2D eigenvalue weighted by molar-refractivity contribution is 5.91. The molecule has 0 amide bonds. The van der Waals surface area contributed by atoms with Gasteiger partial charge in [0.1, 0.15) is 11.6 Å². The van der Waals surface area contributed by atoms with E-state index in [1.165, 1.54) is 12.1 Å². The molecule has 4 heteroatoms. The van der Waals surface area contributed by atoms with Gasteiger partial charge in [0.05, 0.1) is 11.1 Å². The minimum absolute atomic E-state index is 0.322. The molecule has 3 nitrogen and oxygen atoms in total. The van der Waals surface area contributed by atoms with E-state index in [4.69, 9.17) is 0 Å². The lowest BCUT2D eigenvalue weighted by atomic mass is 10.1. The summed E-state index contributed by atoms with van der Waals surface area (Å²) in [5, 5.41) is 0.646. The zero-order chi connectivity index (χ0) is 13.1. The van der Waals surface area contributed by atoms with Crippen molar-refractivity contribution >= 4 is 23.0 Å². The molecule has 0 aliphatic heterocycles. The van der Waals surface area contributed by atoms with E-state index in [0.29, 0.717) is 22.3 Å². The van der Waals surface area contributed by atoms with Crippen LogP contribution in [0.4, 0.5) is 10.2 Å². The topological polar surface area (TPSA) is 33.2 Å². The van der Waals surface area contributed by atoms with Crippen molar-refractivity contribution in [2.75, 3.05) is 18.0 Å². The van der Waals surface area contributed by atoms with Crippen LogP contribution in [0.1, 0.15) is 24.2 Å². The van der Waals surface area contributed by atoms with E-state index < -0.39 is 0 Å². The van der Waals surface area contributed by atoms with Crippen molar-refractivity contribution in [1.29, 1.82) is 0 Å². The SMILES string of the molecule is CCN(CC)c1nc2ccc(F)cc2cc1C=O. The van der Waals surface area contributed by atoms with Crippen LogP contribution in [-0.2, 0) is 0 Å². The molecular weight excluding hydrogens is 231 g/mol. The zero-order valence-electron chi connectivity index (χ0n) is 10.5. The third-order valence-corrected chi connectivity index (χ3v) is 2.98. The smallest absolute Gasteiger partial charge is 0.153 e. The van der Waals surface area contributed by atoms with Crippen molar-refractivity contribution in [3.05, 3.63) is 35.6 Å². The van der Waals surface area contributed by atoms with Gasteiger partial charge in [0.15, 0.2) is 6.29 Å². The Balaban J connectivity index is 2.65. The number of rotatable bonds is 4. The average molecular weight is 246 g/mol. The summed E-state index contributed by atoms with van der Waals surface area (Å²) in [6, 6.07) is 6.08. The second-order valence-electron chi connectivity index (χ2n) is 4.03. The standard InChI is InChI=1S/C14H15FN2O/c1-3-17(4-2)14-11(9-18)7-10-8-12(15)5-6-13(10)16-14/h5-9H,3-4H2,1-2H3. The van der Waals surface area contributed by atoms with Gasteiger partial charge in [-0.3, -0.25) is 4.79 Å². The molecule has 1 aromatic heterocycles. The first kappa shape index (κ1) is 12.5. The summed E-state index contributed by atoms with van der Waals surface area (Å²) in [7, 11) is 0. The second-order valence-corrected chi connectivity index (χ2v) is 4.03. The molecule has 0 fully saturated rings. The van der Waals surface area contributed by atoms with Crippen LogP contribution in [0.2, 0.25) is 0 Å². The van der Waals surface area contributed by atoms with Crippen LogP contribution in [0.15, 0.2) is 24.3 Å². The largest absolute Gasteiger partial charge is 0.357 e. The summed E-state index contributed by atoms with van der Waals surface area (Å²) >= 11 is 0. The maximum absolute atomic E-state index is 13.1. The number of carbonyl (C=O) groups is 1. The lowest BCUT2D eigenvalue weighted by molar-refractivity contribution is 0.112. The van der Waals surface area contributed by atoms with Crippen molar-refractivity contribution in [2.45, 2.75) is 13.8 Å². The summed E-state index contributed by atoms with van der Waals surface area (Å²) < 4.78 is 13.1. The molecule has 18 heavy (non-hydrogen) atoms. The van der Waals surface area contributed by atoms with Gasteiger partial charge in [-0.25, -0.2) is 9.37 Å². The van der Waals surface area contributed by atoms with Crippen LogP contribution in [0.25, 0.3) is 10.9 Å². The molecule has 0 bridgehead atoms. The Morgan fingerprint density at radius 1 is 1.28 bits per heavy atom. The van der Waals surface area contributed by atoms with Gasteiger partial charge in [0, 0.05) is 18.5 Å². The number of anilines is 1. The number of fused-ring (bicyclic) bond motifs is 1. The van der Waals surface area contributed by atoms with Gasteiger partial charge in [0.25, 0.3) is 0 Å². The number of halogens is 1. The first-order chi connectivity index (χ1) is 8.69. The highest BCUT2D eigenvalue weighted by Crippen LogP contribution is 2.23. The van der Waals surface area contributed by atoms with Crippen molar-refractivity contribution < 1.29 is 9.18 Å². The molecule has 0 atom stereocenters. The van der Waals surface area contributed by atoms with E-state index in [2.05, 4.69) is 4.98 Å². The molecule has 0 aliphatic carbocycles. The number of carbonyl (C=O) groups excluding carboxylic acids is 1. The van der Waals surface area contributed by atoms with Gasteiger partial charge in [-0.1, -0.05) is 0 Å². The minimum atomic E-state index is -0.322. The Bertz CT molecular complexity index is 579. The predicted molar refractivity (Wildman–Crippen MR) is 70.6 cm³/mol. The quantitative estimate of drug-likeness (QED) is 0.777. The zero-order valence-corrected chi connectivity index (χ0v) is 10.5. The molecular formula is C14H15FN2O. The van der Waals surface area contributed by atoms with Gasteiger partial charge in [-0.15, -0.1) is 0 Å². The van der Waals surface area contributed by atoms with Crippen LogP contribution in [0, 0.1) is 5.82 Å². The maximum Gasteiger partial charge on any atom is 0.153 e. The Hall–Kier alpha value is -1.97. The Kier molecular flexibility index (Phi) is 3.55. The maximum atomic E-state index is 13.1. The summed E-state index contributed by atoms with van der Waals surface area (Å²) in [6.45, 7) is 5.57. The van der Waals surface area contributed by atoms with Crippen LogP contribution < -0.4 is 4.90 Å². The Morgan fingerprint density at radius 2 is 2.00 bits per heavy atom. The molecule has 0 N–H and O–H groups in total. The van der Waals surface area contributed by atoms with Crippen LogP contribution >= 0.6 is 0 Å². The first-order valence-electron chi connectivity index (χ1n) is 6.00. The summed E-state index contributed by atoms with van der Waals surface area (Å²) in [6.07, 6.45) is 0.769. The number of benzene rings is 1. The molecule has 0 radical (unpaired) electrons. The second kappa shape index (κ2) is 5.12. The monoisotopic (exact) mass is 246 g/mol. The van der Waals surface area contributed by atoms with Crippen molar-refractivity contribution in [2.24, 2.45) is 0 Å². The van der Waals surface area contributed by atoms with Crippen molar-refractivity contribution in [1.82, 2.24) is 4.98 Å². The van der Waals surface area contributed by atoms with Crippen molar-refractivity contribution in [3.8, 4) is 0 Å². The van der Waals surface area contributed by atoms with Gasteiger partial charge in [-0.05, 0) is 38.1 Å². The van der Waals surface area contributed by atoms with E-state index in [0.717, 1.165) is 19.4 Å². The molecule has 1 heterocycles. The molecule has 0 spiro atoms. The molecule has 0 saturated carbocycles. The predicted octanol–water partition coefficient (Wildman–Crippen LogP) is 3.03. The van der Waals surface area contributed by atoms with E-state index in [1.807, 2.05) is 18.7 Å². The van der Waals surface area contributed by atoms with E-state index in [1.54, 1.807) is 12.1 Å². The highest BCUT2D eigenvalue weighted by atomic mass is 19.1. The summed E-state index contributed by atoms with van der Waals surface area (Å²) in [5.41, 5.74) is 1.20. The highest BCUT2D eigenvalue weighted by Gasteiger charge is 2.11. The average Bonchev–Trinajstić information content (AvgIpc) is 2.39. The molecule has 0 aliphatic rings.